The van der Waals surface area contributed by atoms with Crippen LogP contribution in [0.4, 0.5) is 5.69 Å². The van der Waals surface area contributed by atoms with Crippen molar-refractivity contribution in [2.45, 2.75) is 10.1 Å². The minimum absolute atomic E-state index is 0.304. The molecule has 2 aromatic carbocycles. The Morgan fingerprint density at radius 1 is 1.19 bits per heavy atom. The number of carbonyl (C=O) groups excluding carboxylic acids is 2. The Morgan fingerprint density at radius 2 is 1.96 bits per heavy atom. The lowest BCUT2D eigenvalue weighted by Gasteiger charge is -2.12. The number of ether oxygens (including phenoxy) is 1. The van der Waals surface area contributed by atoms with Crippen LogP contribution < -0.4 is 5.32 Å². The monoisotopic (exact) mass is 401 g/mol. The molecule has 3 rings (SSSR count). The van der Waals surface area contributed by atoms with Gasteiger partial charge in [0.25, 0.3) is 5.91 Å². The van der Waals surface area contributed by atoms with E-state index in [1.807, 2.05) is 23.9 Å². The Labute approximate surface area is 165 Å². The molecule has 0 aliphatic rings. The van der Waals surface area contributed by atoms with Crippen LogP contribution >= 0.6 is 23.4 Å². The smallest absolute Gasteiger partial charge is 0.337 e. The van der Waals surface area contributed by atoms with Crippen molar-refractivity contribution in [1.29, 1.82) is 0 Å². The van der Waals surface area contributed by atoms with Crippen LogP contribution in [-0.2, 0) is 11.8 Å². The highest BCUT2D eigenvalue weighted by Crippen LogP contribution is 2.34. The highest BCUT2D eigenvalue weighted by Gasteiger charge is 2.14. The van der Waals surface area contributed by atoms with Crippen molar-refractivity contribution in [2.24, 2.45) is 7.05 Å². The van der Waals surface area contributed by atoms with Crippen molar-refractivity contribution in [1.82, 2.24) is 9.55 Å². The van der Waals surface area contributed by atoms with E-state index in [-0.39, 0.29) is 5.91 Å². The number of amides is 1. The molecular weight excluding hydrogens is 386 g/mol. The molecule has 0 fully saturated rings. The van der Waals surface area contributed by atoms with Crippen LogP contribution in [0.5, 0.6) is 0 Å². The average Bonchev–Trinajstić information content (AvgIpc) is 3.08. The topological polar surface area (TPSA) is 73.2 Å². The van der Waals surface area contributed by atoms with E-state index < -0.39 is 5.97 Å². The molecule has 3 aromatic rings. The summed E-state index contributed by atoms with van der Waals surface area (Å²) in [6.45, 7) is 0. The predicted octanol–water partition coefficient (Wildman–Crippen LogP) is 4.26. The first-order valence-electron chi connectivity index (χ1n) is 7.92. The molecule has 0 unspecified atom stereocenters. The van der Waals surface area contributed by atoms with Gasteiger partial charge < -0.3 is 14.6 Å². The van der Waals surface area contributed by atoms with E-state index in [1.54, 1.807) is 36.5 Å². The molecule has 1 amide bonds. The first-order chi connectivity index (χ1) is 13.0. The van der Waals surface area contributed by atoms with E-state index >= 15 is 0 Å². The third kappa shape index (κ3) is 4.50. The van der Waals surface area contributed by atoms with Crippen LogP contribution in [0.3, 0.4) is 0 Å². The molecule has 1 heterocycles. The Morgan fingerprint density at radius 3 is 2.67 bits per heavy atom. The van der Waals surface area contributed by atoms with Gasteiger partial charge >= 0.3 is 5.97 Å². The maximum atomic E-state index is 12.7. The molecule has 8 heteroatoms. The van der Waals surface area contributed by atoms with Gasteiger partial charge in [-0.05, 0) is 48.2 Å². The van der Waals surface area contributed by atoms with Gasteiger partial charge in [0.05, 0.1) is 18.4 Å². The molecule has 27 heavy (non-hydrogen) atoms. The fourth-order valence-corrected chi connectivity index (χ4v) is 3.38. The van der Waals surface area contributed by atoms with Gasteiger partial charge in [0.15, 0.2) is 5.16 Å². The number of nitrogens with one attached hydrogen (secondary N) is 1. The molecule has 0 aliphatic heterocycles. The van der Waals surface area contributed by atoms with Gasteiger partial charge in [0, 0.05) is 34.9 Å². The quantitative estimate of drug-likeness (QED) is 0.646. The Bertz CT molecular complexity index is 1000. The largest absolute Gasteiger partial charge is 0.465 e. The van der Waals surface area contributed by atoms with Gasteiger partial charge in [0.1, 0.15) is 0 Å². The zero-order valence-corrected chi connectivity index (χ0v) is 16.2. The van der Waals surface area contributed by atoms with Crippen LogP contribution in [0.15, 0.2) is 64.9 Å². The third-order valence-corrected chi connectivity index (χ3v) is 5.10. The third-order valence-electron chi connectivity index (χ3n) is 3.71. The Balaban J connectivity index is 1.86. The number of aromatic nitrogens is 2. The molecule has 0 radical (unpaired) electrons. The van der Waals surface area contributed by atoms with Gasteiger partial charge in [-0.25, -0.2) is 9.78 Å². The zero-order valence-electron chi connectivity index (χ0n) is 14.6. The summed E-state index contributed by atoms with van der Waals surface area (Å²) in [4.78, 5) is 29.4. The second kappa shape index (κ2) is 8.28. The second-order valence-corrected chi connectivity index (χ2v) is 7.04. The first kappa shape index (κ1) is 19.0. The average molecular weight is 402 g/mol. The second-order valence-electron chi connectivity index (χ2n) is 5.59. The standard InChI is InChI=1S/C19H16ClN3O3S/c1-23-9-8-21-19(23)27-16-7-6-14(20)11-15(16)22-17(24)12-4-3-5-13(10-12)18(25)26-2/h3-11H,1-2H3,(H,22,24). The molecule has 6 nitrogen and oxygen atoms in total. The predicted molar refractivity (Wildman–Crippen MR) is 105 cm³/mol. The number of hydrogen-bond acceptors (Lipinski definition) is 5. The van der Waals surface area contributed by atoms with E-state index in [2.05, 4.69) is 10.3 Å². The molecule has 1 N–H and O–H groups in total. The lowest BCUT2D eigenvalue weighted by Crippen LogP contribution is -2.13. The van der Waals surface area contributed by atoms with E-state index in [0.29, 0.717) is 21.8 Å². The van der Waals surface area contributed by atoms with Crippen molar-refractivity contribution < 1.29 is 14.3 Å². The molecule has 138 valence electrons. The van der Waals surface area contributed by atoms with Crippen molar-refractivity contribution >= 4 is 40.9 Å². The summed E-state index contributed by atoms with van der Waals surface area (Å²) >= 11 is 7.51. The van der Waals surface area contributed by atoms with Gasteiger partial charge in [-0.3, -0.25) is 4.79 Å². The summed E-state index contributed by atoms with van der Waals surface area (Å²) in [6.07, 6.45) is 3.55. The fourth-order valence-electron chi connectivity index (χ4n) is 2.34. The normalized spacial score (nSPS) is 10.5. The van der Waals surface area contributed by atoms with Crippen molar-refractivity contribution in [2.75, 3.05) is 12.4 Å². The van der Waals surface area contributed by atoms with E-state index in [4.69, 9.17) is 16.3 Å². The minimum Gasteiger partial charge on any atom is -0.465 e. The van der Waals surface area contributed by atoms with Crippen molar-refractivity contribution in [3.8, 4) is 0 Å². The number of aryl methyl sites for hydroxylation is 1. The van der Waals surface area contributed by atoms with Gasteiger partial charge in [-0.2, -0.15) is 0 Å². The number of methoxy groups -OCH3 is 1. The van der Waals surface area contributed by atoms with Crippen LogP contribution in [0.2, 0.25) is 5.02 Å². The SMILES string of the molecule is COC(=O)c1cccc(C(=O)Nc2cc(Cl)ccc2Sc2nccn2C)c1. The zero-order chi connectivity index (χ0) is 19.4. The maximum absolute atomic E-state index is 12.7. The van der Waals surface area contributed by atoms with Gasteiger partial charge in [-0.1, -0.05) is 17.7 Å². The van der Waals surface area contributed by atoms with Gasteiger partial charge in [0.2, 0.25) is 0 Å². The number of nitrogens with zero attached hydrogens (tertiary/aromatic N) is 2. The molecule has 1 aromatic heterocycles. The van der Waals surface area contributed by atoms with E-state index in [1.165, 1.54) is 24.9 Å². The fraction of sp³-hybridized carbons (Fsp3) is 0.105. The number of imidazole rings is 1. The summed E-state index contributed by atoms with van der Waals surface area (Å²) in [5.74, 6) is -0.858. The van der Waals surface area contributed by atoms with E-state index in [0.717, 1.165) is 10.1 Å². The number of halogens is 1. The number of esters is 1. The number of carbonyl (C=O) groups is 2. The highest BCUT2D eigenvalue weighted by atomic mass is 35.5. The lowest BCUT2D eigenvalue weighted by molar-refractivity contribution is 0.0600. The molecule has 0 aliphatic carbocycles. The van der Waals surface area contributed by atoms with Crippen molar-refractivity contribution in [3.05, 3.63) is 71.0 Å². The van der Waals surface area contributed by atoms with Crippen LogP contribution in [0.25, 0.3) is 0 Å². The van der Waals surface area contributed by atoms with Crippen LogP contribution in [-0.4, -0.2) is 28.5 Å². The molecule has 0 spiro atoms. The summed E-state index contributed by atoms with van der Waals surface area (Å²) in [7, 11) is 3.18. The number of hydrogen-bond donors (Lipinski definition) is 1. The molecule has 0 bridgehead atoms. The Kier molecular flexibility index (Phi) is 5.83. The molecular formula is C19H16ClN3O3S. The van der Waals surface area contributed by atoms with E-state index in [9.17, 15) is 9.59 Å². The van der Waals surface area contributed by atoms with Crippen LogP contribution in [0, 0.1) is 0 Å². The Hall–Kier alpha value is -2.77. The summed E-state index contributed by atoms with van der Waals surface area (Å²) in [5, 5.41) is 4.13. The summed E-state index contributed by atoms with van der Waals surface area (Å²) in [6, 6.07) is 11.6. The maximum Gasteiger partial charge on any atom is 0.337 e. The summed E-state index contributed by atoms with van der Waals surface area (Å²) in [5.41, 5.74) is 1.20. The minimum atomic E-state index is -0.501. The summed E-state index contributed by atoms with van der Waals surface area (Å²) < 4.78 is 6.57. The van der Waals surface area contributed by atoms with Gasteiger partial charge in [-0.15, -0.1) is 0 Å². The molecule has 0 saturated carbocycles. The number of rotatable bonds is 5. The molecule has 0 saturated heterocycles. The lowest BCUT2D eigenvalue weighted by atomic mass is 10.1. The number of benzene rings is 2. The van der Waals surface area contributed by atoms with Crippen molar-refractivity contribution in [3.63, 3.8) is 0 Å². The molecule has 0 atom stereocenters. The number of anilines is 1. The van der Waals surface area contributed by atoms with Crippen LogP contribution in [0.1, 0.15) is 20.7 Å². The highest BCUT2D eigenvalue weighted by molar-refractivity contribution is 7.99. The first-order valence-corrected chi connectivity index (χ1v) is 9.12.